The third kappa shape index (κ3) is 1.74. The van der Waals surface area contributed by atoms with Crippen molar-refractivity contribution in [2.75, 3.05) is 12.8 Å². The Kier molecular flexibility index (Phi) is 3.03. The molecule has 18 heavy (non-hydrogen) atoms. The first-order valence-electron chi connectivity index (χ1n) is 5.75. The molecule has 0 unspecified atom stereocenters. The van der Waals surface area contributed by atoms with Gasteiger partial charge in [0.1, 0.15) is 17.3 Å². The van der Waals surface area contributed by atoms with Crippen LogP contribution < -0.4 is 10.5 Å². The summed E-state index contributed by atoms with van der Waals surface area (Å²) >= 11 is 0. The average Bonchev–Trinajstić information content (AvgIpc) is 2.33. The normalized spacial score (nSPS) is 11.2. The third-order valence-electron chi connectivity index (χ3n) is 3.07. The highest BCUT2D eigenvalue weighted by Crippen LogP contribution is 2.42. The largest absolute Gasteiger partial charge is 0.505 e. The van der Waals surface area contributed by atoms with Crippen LogP contribution in [0.4, 0.5) is 10.1 Å². The quantitative estimate of drug-likeness (QED) is 0.633. The Bertz CT molecular complexity index is 609. The Morgan fingerprint density at radius 1 is 1.28 bits per heavy atom. The molecule has 2 rings (SSSR count). The third-order valence-corrected chi connectivity index (χ3v) is 3.07. The molecule has 0 saturated carbocycles. The summed E-state index contributed by atoms with van der Waals surface area (Å²) in [6, 6.07) is 4.49. The SMILES string of the molecule is COc1ccc(F)c2c(O)c(N)cc(C(C)C)c12. The standard InChI is InChI=1S/C14H16FNO2/c1-7(2)8-6-10(16)14(17)13-9(15)4-5-11(18-3)12(8)13/h4-7,17H,16H2,1-3H3. The highest BCUT2D eigenvalue weighted by molar-refractivity contribution is 5.99. The van der Waals surface area contributed by atoms with Gasteiger partial charge in [0.05, 0.1) is 18.2 Å². The van der Waals surface area contributed by atoms with Crippen LogP contribution in [0.25, 0.3) is 10.8 Å². The van der Waals surface area contributed by atoms with Crippen LogP contribution in [0, 0.1) is 5.82 Å². The fourth-order valence-corrected chi connectivity index (χ4v) is 2.15. The summed E-state index contributed by atoms with van der Waals surface area (Å²) in [4.78, 5) is 0. The highest BCUT2D eigenvalue weighted by atomic mass is 19.1. The van der Waals surface area contributed by atoms with E-state index in [1.165, 1.54) is 13.2 Å². The highest BCUT2D eigenvalue weighted by Gasteiger charge is 2.18. The summed E-state index contributed by atoms with van der Waals surface area (Å²) in [5.41, 5.74) is 6.76. The van der Waals surface area contributed by atoms with Crippen LogP contribution >= 0.6 is 0 Å². The van der Waals surface area contributed by atoms with Gasteiger partial charge in [-0.3, -0.25) is 0 Å². The molecule has 3 nitrogen and oxygen atoms in total. The predicted molar refractivity (Wildman–Crippen MR) is 70.6 cm³/mol. The average molecular weight is 249 g/mol. The van der Waals surface area contributed by atoms with E-state index in [0.717, 1.165) is 5.56 Å². The number of halogens is 1. The lowest BCUT2D eigenvalue weighted by molar-refractivity contribution is 0.418. The Labute approximate surface area is 105 Å². The maximum Gasteiger partial charge on any atom is 0.149 e. The number of hydrogen-bond acceptors (Lipinski definition) is 3. The van der Waals surface area contributed by atoms with Gasteiger partial charge in [-0.2, -0.15) is 0 Å². The zero-order valence-corrected chi connectivity index (χ0v) is 10.6. The molecule has 0 aromatic heterocycles. The lowest BCUT2D eigenvalue weighted by Gasteiger charge is -2.16. The van der Waals surface area contributed by atoms with E-state index in [-0.39, 0.29) is 22.7 Å². The summed E-state index contributed by atoms with van der Waals surface area (Å²) in [5, 5.41) is 10.7. The molecule has 0 aliphatic carbocycles. The number of methoxy groups -OCH3 is 1. The number of anilines is 1. The van der Waals surface area contributed by atoms with Gasteiger partial charge in [-0.15, -0.1) is 0 Å². The van der Waals surface area contributed by atoms with Crippen molar-refractivity contribution in [3.05, 3.63) is 29.6 Å². The fraction of sp³-hybridized carbons (Fsp3) is 0.286. The minimum atomic E-state index is -0.502. The smallest absolute Gasteiger partial charge is 0.149 e. The minimum absolute atomic E-state index is 0.123. The maximum absolute atomic E-state index is 13.9. The molecule has 0 heterocycles. The topological polar surface area (TPSA) is 55.5 Å². The van der Waals surface area contributed by atoms with Crippen molar-refractivity contribution in [3.63, 3.8) is 0 Å². The molecule has 0 amide bonds. The van der Waals surface area contributed by atoms with Crippen molar-refractivity contribution in [3.8, 4) is 11.5 Å². The van der Waals surface area contributed by atoms with Gasteiger partial charge in [0.25, 0.3) is 0 Å². The van der Waals surface area contributed by atoms with Gasteiger partial charge in [-0.05, 0) is 29.7 Å². The molecule has 2 aromatic rings. The molecule has 0 aliphatic heterocycles. The molecular formula is C14H16FNO2. The lowest BCUT2D eigenvalue weighted by Crippen LogP contribution is -1.98. The van der Waals surface area contributed by atoms with Crippen LogP contribution in [0.15, 0.2) is 18.2 Å². The second kappa shape index (κ2) is 4.37. The van der Waals surface area contributed by atoms with Crippen LogP contribution in [-0.4, -0.2) is 12.2 Å². The van der Waals surface area contributed by atoms with E-state index >= 15 is 0 Å². The first-order chi connectivity index (χ1) is 8.47. The van der Waals surface area contributed by atoms with E-state index in [1.807, 2.05) is 13.8 Å². The number of aromatic hydroxyl groups is 1. The van der Waals surface area contributed by atoms with Gasteiger partial charge in [0.15, 0.2) is 0 Å². The molecular weight excluding hydrogens is 233 g/mol. The first kappa shape index (κ1) is 12.5. The first-order valence-corrected chi connectivity index (χ1v) is 5.75. The Morgan fingerprint density at radius 3 is 2.50 bits per heavy atom. The number of nitrogen functional groups attached to an aromatic ring is 1. The number of phenols is 1. The van der Waals surface area contributed by atoms with Gasteiger partial charge in [-0.25, -0.2) is 4.39 Å². The van der Waals surface area contributed by atoms with Crippen molar-refractivity contribution in [1.29, 1.82) is 0 Å². The number of rotatable bonds is 2. The predicted octanol–water partition coefficient (Wildman–Crippen LogP) is 3.40. The summed E-state index contributed by atoms with van der Waals surface area (Å²) in [7, 11) is 1.52. The summed E-state index contributed by atoms with van der Waals surface area (Å²) in [6.07, 6.45) is 0. The van der Waals surface area contributed by atoms with Crippen molar-refractivity contribution in [2.24, 2.45) is 0 Å². The van der Waals surface area contributed by atoms with Crippen molar-refractivity contribution < 1.29 is 14.2 Å². The number of fused-ring (bicyclic) bond motifs is 1. The van der Waals surface area contributed by atoms with Crippen LogP contribution in [0.3, 0.4) is 0 Å². The second-order valence-electron chi connectivity index (χ2n) is 4.56. The monoisotopic (exact) mass is 249 g/mol. The van der Waals surface area contributed by atoms with Crippen molar-refractivity contribution in [2.45, 2.75) is 19.8 Å². The molecule has 0 fully saturated rings. The summed E-state index contributed by atoms with van der Waals surface area (Å²) in [6.45, 7) is 3.96. The van der Waals surface area contributed by atoms with Crippen LogP contribution in [0.2, 0.25) is 0 Å². The number of benzene rings is 2. The number of phenolic OH excluding ortho intramolecular Hbond substituents is 1. The molecule has 3 N–H and O–H groups in total. The van der Waals surface area contributed by atoms with E-state index in [9.17, 15) is 9.50 Å². The second-order valence-corrected chi connectivity index (χ2v) is 4.56. The minimum Gasteiger partial charge on any atom is -0.505 e. The Morgan fingerprint density at radius 2 is 1.94 bits per heavy atom. The number of nitrogens with two attached hydrogens (primary N) is 1. The van der Waals surface area contributed by atoms with E-state index < -0.39 is 5.82 Å². The van der Waals surface area contributed by atoms with Gasteiger partial charge < -0.3 is 15.6 Å². The molecule has 0 saturated heterocycles. The number of ether oxygens (including phenoxy) is 1. The van der Waals surface area contributed by atoms with Crippen molar-refractivity contribution >= 4 is 16.5 Å². The molecule has 0 radical (unpaired) electrons. The van der Waals surface area contributed by atoms with Gasteiger partial charge in [-0.1, -0.05) is 13.8 Å². The molecule has 0 spiro atoms. The molecule has 0 aliphatic rings. The molecule has 96 valence electrons. The molecule has 4 heteroatoms. The Hall–Kier alpha value is -1.97. The van der Waals surface area contributed by atoms with E-state index in [4.69, 9.17) is 10.5 Å². The molecule has 0 atom stereocenters. The van der Waals surface area contributed by atoms with E-state index in [0.29, 0.717) is 11.1 Å². The van der Waals surface area contributed by atoms with Gasteiger partial charge in [0, 0.05) is 5.39 Å². The molecule has 0 bridgehead atoms. The fourth-order valence-electron chi connectivity index (χ4n) is 2.15. The van der Waals surface area contributed by atoms with Crippen LogP contribution in [0.5, 0.6) is 11.5 Å². The van der Waals surface area contributed by atoms with Gasteiger partial charge >= 0.3 is 0 Å². The Balaban J connectivity index is 3.02. The van der Waals surface area contributed by atoms with E-state index in [1.54, 1.807) is 12.1 Å². The van der Waals surface area contributed by atoms with Gasteiger partial charge in [0.2, 0.25) is 0 Å². The van der Waals surface area contributed by atoms with Crippen molar-refractivity contribution in [1.82, 2.24) is 0 Å². The van der Waals surface area contributed by atoms with Crippen LogP contribution in [0.1, 0.15) is 25.3 Å². The van der Waals surface area contributed by atoms with Crippen LogP contribution in [-0.2, 0) is 0 Å². The lowest BCUT2D eigenvalue weighted by atomic mass is 9.93. The van der Waals surface area contributed by atoms with E-state index in [2.05, 4.69) is 0 Å². The zero-order chi connectivity index (χ0) is 13.4. The number of hydrogen-bond donors (Lipinski definition) is 2. The zero-order valence-electron chi connectivity index (χ0n) is 10.6. The maximum atomic E-state index is 13.9. The summed E-state index contributed by atoms with van der Waals surface area (Å²) in [5.74, 6) is -0.0557. The molecule has 2 aromatic carbocycles. The summed E-state index contributed by atoms with van der Waals surface area (Å²) < 4.78 is 19.2.